The average molecular weight is 294 g/mol. The molecule has 3 aromatic rings. The van der Waals surface area contributed by atoms with Crippen LogP contribution in [0.4, 0.5) is 0 Å². The number of carbonyl (C=O) groups is 1. The lowest BCUT2D eigenvalue weighted by molar-refractivity contribution is 0.0693. The fourth-order valence-electron chi connectivity index (χ4n) is 2.25. The van der Waals surface area contributed by atoms with E-state index in [0.717, 1.165) is 20.7 Å². The maximum atomic E-state index is 11.3. The van der Waals surface area contributed by atoms with Gasteiger partial charge in [0, 0.05) is 9.79 Å². The van der Waals surface area contributed by atoms with E-state index < -0.39 is 5.97 Å². The quantitative estimate of drug-likeness (QED) is 0.738. The van der Waals surface area contributed by atoms with Gasteiger partial charge in [-0.3, -0.25) is 0 Å². The molecule has 3 heteroatoms. The van der Waals surface area contributed by atoms with Crippen molar-refractivity contribution >= 4 is 28.5 Å². The predicted molar refractivity (Wildman–Crippen MR) is 86.2 cm³/mol. The highest BCUT2D eigenvalue weighted by atomic mass is 32.2. The second kappa shape index (κ2) is 5.62. The summed E-state index contributed by atoms with van der Waals surface area (Å²) in [6.07, 6.45) is 0. The molecule has 104 valence electrons. The molecule has 0 saturated carbocycles. The molecular formula is C18H14O2S. The normalized spacial score (nSPS) is 10.7. The molecule has 0 amide bonds. The Morgan fingerprint density at radius 1 is 0.952 bits per heavy atom. The summed E-state index contributed by atoms with van der Waals surface area (Å²) in [5.41, 5.74) is 1.40. The van der Waals surface area contributed by atoms with Crippen LogP contribution in [0.3, 0.4) is 0 Å². The van der Waals surface area contributed by atoms with Crippen molar-refractivity contribution in [1.82, 2.24) is 0 Å². The first-order valence-electron chi connectivity index (χ1n) is 6.64. The van der Waals surface area contributed by atoms with E-state index in [1.165, 1.54) is 17.1 Å². The topological polar surface area (TPSA) is 37.3 Å². The molecule has 1 N–H and O–H groups in total. The molecule has 0 atom stereocenters. The molecule has 0 saturated heterocycles. The average Bonchev–Trinajstić information content (AvgIpc) is 2.47. The maximum absolute atomic E-state index is 11.3. The summed E-state index contributed by atoms with van der Waals surface area (Å²) >= 11 is 1.49. The fourth-order valence-corrected chi connectivity index (χ4v) is 3.33. The fraction of sp³-hybridized carbons (Fsp3) is 0.0556. The van der Waals surface area contributed by atoms with Crippen molar-refractivity contribution in [3.63, 3.8) is 0 Å². The van der Waals surface area contributed by atoms with E-state index in [1.54, 1.807) is 6.07 Å². The van der Waals surface area contributed by atoms with Crippen molar-refractivity contribution in [2.45, 2.75) is 16.7 Å². The molecule has 0 heterocycles. The van der Waals surface area contributed by atoms with Crippen LogP contribution < -0.4 is 0 Å². The lowest BCUT2D eigenvalue weighted by atomic mass is 10.1. The third-order valence-corrected chi connectivity index (χ3v) is 4.36. The van der Waals surface area contributed by atoms with Crippen LogP contribution in [0.15, 0.2) is 70.5 Å². The molecule has 0 aromatic heterocycles. The number of fused-ring (bicyclic) bond motifs is 1. The number of rotatable bonds is 3. The minimum Gasteiger partial charge on any atom is -0.478 e. The van der Waals surface area contributed by atoms with Crippen LogP contribution in [-0.2, 0) is 0 Å². The Hall–Kier alpha value is -2.26. The lowest BCUT2D eigenvalue weighted by Crippen LogP contribution is -1.98. The summed E-state index contributed by atoms with van der Waals surface area (Å²) in [5.74, 6) is -0.890. The Labute approximate surface area is 127 Å². The zero-order valence-electron chi connectivity index (χ0n) is 11.5. The molecule has 0 fully saturated rings. The summed E-state index contributed by atoms with van der Waals surface area (Å²) < 4.78 is 0. The molecule has 0 aliphatic rings. The van der Waals surface area contributed by atoms with Gasteiger partial charge in [0.05, 0.1) is 5.56 Å². The van der Waals surface area contributed by atoms with Crippen LogP contribution >= 0.6 is 11.8 Å². The van der Waals surface area contributed by atoms with Gasteiger partial charge in [0.15, 0.2) is 0 Å². The standard InChI is InChI=1S/C18H14O2S/c1-12-6-9-16(18(19)20)17(10-12)21-15-8-7-13-4-2-3-5-14(13)11-15/h2-11H,1H3,(H,19,20). The lowest BCUT2D eigenvalue weighted by Gasteiger charge is -2.08. The summed E-state index contributed by atoms with van der Waals surface area (Å²) in [6.45, 7) is 1.97. The van der Waals surface area contributed by atoms with Gasteiger partial charge in [-0.2, -0.15) is 0 Å². The molecule has 21 heavy (non-hydrogen) atoms. The molecule has 0 aliphatic heterocycles. The van der Waals surface area contributed by atoms with E-state index in [2.05, 4.69) is 24.3 Å². The molecule has 2 nitrogen and oxygen atoms in total. The minimum absolute atomic E-state index is 0.346. The summed E-state index contributed by atoms with van der Waals surface area (Å²) in [7, 11) is 0. The highest BCUT2D eigenvalue weighted by Gasteiger charge is 2.11. The number of aryl methyl sites for hydroxylation is 1. The second-order valence-electron chi connectivity index (χ2n) is 4.92. The number of carboxylic acid groups (broad SMARTS) is 1. The molecule has 3 rings (SSSR count). The van der Waals surface area contributed by atoms with Crippen LogP contribution in [-0.4, -0.2) is 11.1 Å². The van der Waals surface area contributed by atoms with Gasteiger partial charge in [-0.25, -0.2) is 4.79 Å². The Morgan fingerprint density at radius 3 is 2.48 bits per heavy atom. The van der Waals surface area contributed by atoms with Crippen LogP contribution in [0.2, 0.25) is 0 Å². The van der Waals surface area contributed by atoms with Crippen LogP contribution in [0.1, 0.15) is 15.9 Å². The molecule has 0 unspecified atom stereocenters. The number of hydrogen-bond acceptors (Lipinski definition) is 2. The van der Waals surface area contributed by atoms with Gasteiger partial charge in [0.25, 0.3) is 0 Å². The first kappa shape index (κ1) is 13.7. The van der Waals surface area contributed by atoms with Crippen molar-refractivity contribution in [1.29, 1.82) is 0 Å². The third kappa shape index (κ3) is 2.93. The Bertz CT molecular complexity index is 824. The maximum Gasteiger partial charge on any atom is 0.336 e. The number of aromatic carboxylic acids is 1. The van der Waals surface area contributed by atoms with Gasteiger partial charge in [-0.1, -0.05) is 48.2 Å². The first-order chi connectivity index (χ1) is 10.1. The van der Waals surface area contributed by atoms with Crippen molar-refractivity contribution in [3.05, 3.63) is 71.8 Å². The van der Waals surface area contributed by atoms with Gasteiger partial charge in [0.2, 0.25) is 0 Å². The van der Waals surface area contributed by atoms with E-state index in [1.807, 2.05) is 37.3 Å². The molecule has 0 radical (unpaired) electrons. The molecular weight excluding hydrogens is 280 g/mol. The van der Waals surface area contributed by atoms with E-state index in [-0.39, 0.29) is 0 Å². The van der Waals surface area contributed by atoms with E-state index in [0.29, 0.717) is 5.56 Å². The van der Waals surface area contributed by atoms with Crippen LogP contribution in [0.25, 0.3) is 10.8 Å². The number of hydrogen-bond donors (Lipinski definition) is 1. The van der Waals surface area contributed by atoms with Gasteiger partial charge >= 0.3 is 5.97 Å². The molecule has 3 aromatic carbocycles. The van der Waals surface area contributed by atoms with E-state index in [4.69, 9.17) is 0 Å². The molecule has 0 spiro atoms. The summed E-state index contributed by atoms with van der Waals surface area (Å²) in [5, 5.41) is 11.6. The van der Waals surface area contributed by atoms with E-state index in [9.17, 15) is 9.90 Å². The van der Waals surface area contributed by atoms with Crippen LogP contribution in [0.5, 0.6) is 0 Å². The first-order valence-corrected chi connectivity index (χ1v) is 7.46. The Kier molecular flexibility index (Phi) is 3.67. The Balaban J connectivity index is 2.02. The second-order valence-corrected chi connectivity index (χ2v) is 6.03. The highest BCUT2D eigenvalue weighted by molar-refractivity contribution is 7.99. The van der Waals surface area contributed by atoms with Crippen molar-refractivity contribution in [3.8, 4) is 0 Å². The summed E-state index contributed by atoms with van der Waals surface area (Å²) in [6, 6.07) is 19.7. The third-order valence-electron chi connectivity index (χ3n) is 3.32. The van der Waals surface area contributed by atoms with Crippen molar-refractivity contribution < 1.29 is 9.90 Å². The van der Waals surface area contributed by atoms with E-state index >= 15 is 0 Å². The van der Waals surface area contributed by atoms with Gasteiger partial charge in [-0.15, -0.1) is 0 Å². The largest absolute Gasteiger partial charge is 0.478 e. The van der Waals surface area contributed by atoms with Crippen molar-refractivity contribution in [2.24, 2.45) is 0 Å². The number of carboxylic acids is 1. The van der Waals surface area contributed by atoms with Gasteiger partial charge in [0.1, 0.15) is 0 Å². The zero-order valence-corrected chi connectivity index (χ0v) is 12.4. The predicted octanol–water partition coefficient (Wildman–Crippen LogP) is 5.00. The number of benzene rings is 3. The Morgan fingerprint density at radius 2 is 1.71 bits per heavy atom. The monoisotopic (exact) mass is 294 g/mol. The SMILES string of the molecule is Cc1ccc(C(=O)O)c(Sc2ccc3ccccc3c2)c1. The minimum atomic E-state index is -0.890. The zero-order chi connectivity index (χ0) is 14.8. The molecule has 0 aliphatic carbocycles. The van der Waals surface area contributed by atoms with Crippen molar-refractivity contribution in [2.75, 3.05) is 0 Å². The van der Waals surface area contributed by atoms with Crippen LogP contribution in [0, 0.1) is 6.92 Å². The highest BCUT2D eigenvalue weighted by Crippen LogP contribution is 2.33. The van der Waals surface area contributed by atoms with Gasteiger partial charge < -0.3 is 5.11 Å². The summed E-state index contributed by atoms with van der Waals surface area (Å²) in [4.78, 5) is 13.1. The molecule has 0 bridgehead atoms. The van der Waals surface area contributed by atoms with Gasteiger partial charge in [-0.05, 0) is 47.5 Å². The smallest absolute Gasteiger partial charge is 0.336 e.